The first-order valence-corrected chi connectivity index (χ1v) is 12.0. The first-order chi connectivity index (χ1) is 18.4. The minimum absolute atomic E-state index is 0.105. The van der Waals surface area contributed by atoms with Crippen molar-refractivity contribution in [3.8, 4) is 17.1 Å². The first kappa shape index (κ1) is 29.5. The van der Waals surface area contributed by atoms with Gasteiger partial charge in [0.15, 0.2) is 5.82 Å². The molecule has 2 N–H and O–H groups in total. The van der Waals surface area contributed by atoms with E-state index in [-0.39, 0.29) is 24.8 Å². The molecule has 1 atom stereocenters. The summed E-state index contributed by atoms with van der Waals surface area (Å²) in [5.41, 5.74) is 3.54. The van der Waals surface area contributed by atoms with Crippen molar-refractivity contribution in [1.82, 2.24) is 14.9 Å². The average molecular weight is 550 g/mol. The van der Waals surface area contributed by atoms with Gasteiger partial charge in [-0.1, -0.05) is 25.1 Å². The van der Waals surface area contributed by atoms with E-state index < -0.39 is 18.1 Å². The molecule has 0 spiro atoms. The highest BCUT2D eigenvalue weighted by molar-refractivity contribution is 5.73. The van der Waals surface area contributed by atoms with Crippen LogP contribution in [0.2, 0.25) is 0 Å². The third-order valence-electron chi connectivity index (χ3n) is 5.81. The molecule has 0 aliphatic carbocycles. The van der Waals surface area contributed by atoms with Gasteiger partial charge in [0.05, 0.1) is 5.69 Å². The molecule has 0 radical (unpaired) electrons. The minimum atomic E-state index is -5.08. The Labute approximate surface area is 221 Å². The molecule has 12 heteroatoms. The smallest absolute Gasteiger partial charge is 0.489 e. The maximum absolute atomic E-state index is 13.7. The van der Waals surface area contributed by atoms with E-state index >= 15 is 0 Å². The Balaban J connectivity index is 0.000000532. The Morgan fingerprint density at radius 2 is 1.77 bits per heavy atom. The molecule has 3 aromatic rings. The molecule has 0 saturated carbocycles. The Bertz CT molecular complexity index is 1290. The van der Waals surface area contributed by atoms with E-state index in [0.717, 1.165) is 42.9 Å². The number of halogens is 4. The molecule has 1 aromatic heterocycles. The fraction of sp³-hybridized carbons (Fsp3) is 0.333. The molecule has 208 valence electrons. The van der Waals surface area contributed by atoms with Crippen molar-refractivity contribution in [3.63, 3.8) is 0 Å². The van der Waals surface area contributed by atoms with Crippen molar-refractivity contribution in [2.45, 2.75) is 39.1 Å². The van der Waals surface area contributed by atoms with Crippen LogP contribution in [0.4, 0.5) is 17.6 Å². The number of carboxylic acids is 2. The zero-order valence-electron chi connectivity index (χ0n) is 21.0. The number of aromatic nitrogens is 2. The lowest BCUT2D eigenvalue weighted by atomic mass is 10.0. The van der Waals surface area contributed by atoms with Crippen molar-refractivity contribution in [1.29, 1.82) is 0 Å². The molecule has 0 amide bonds. The van der Waals surface area contributed by atoms with Crippen LogP contribution in [0, 0.1) is 11.7 Å². The minimum Gasteiger partial charge on any atom is -0.489 e. The highest BCUT2D eigenvalue weighted by Crippen LogP contribution is 2.24. The Kier molecular flexibility index (Phi) is 9.94. The number of alkyl halides is 3. The van der Waals surface area contributed by atoms with E-state index in [0.29, 0.717) is 17.1 Å². The largest absolute Gasteiger partial charge is 0.490 e. The number of hydrogen-bond donors (Lipinski definition) is 2. The van der Waals surface area contributed by atoms with Crippen LogP contribution < -0.4 is 4.74 Å². The topological polar surface area (TPSA) is 113 Å². The normalized spacial score (nSPS) is 14.0. The third kappa shape index (κ3) is 9.02. The summed E-state index contributed by atoms with van der Waals surface area (Å²) < 4.78 is 51.2. The second-order valence-electron chi connectivity index (χ2n) is 9.06. The summed E-state index contributed by atoms with van der Waals surface area (Å²) in [5, 5.41) is 16.1. The Morgan fingerprint density at radius 3 is 2.38 bits per heavy atom. The molecule has 1 aliphatic heterocycles. The molecule has 39 heavy (non-hydrogen) atoms. The number of nitrogens with zero attached hydrogens (tertiary/aromatic N) is 3. The molecule has 2 heterocycles. The summed E-state index contributed by atoms with van der Waals surface area (Å²) in [4.78, 5) is 31.4. The fourth-order valence-corrected chi connectivity index (χ4v) is 3.95. The second kappa shape index (κ2) is 13.1. The van der Waals surface area contributed by atoms with Crippen molar-refractivity contribution in [2.24, 2.45) is 5.92 Å². The van der Waals surface area contributed by atoms with Gasteiger partial charge in [-0.25, -0.2) is 19.2 Å². The van der Waals surface area contributed by atoms with Crippen LogP contribution in [0.25, 0.3) is 11.4 Å². The molecule has 2 aromatic carbocycles. The summed E-state index contributed by atoms with van der Waals surface area (Å²) in [6, 6.07) is 14.1. The summed E-state index contributed by atoms with van der Waals surface area (Å²) in [6.45, 7) is 4.48. The van der Waals surface area contributed by atoms with Crippen molar-refractivity contribution in [2.75, 3.05) is 13.1 Å². The zero-order valence-corrected chi connectivity index (χ0v) is 21.0. The molecule has 1 aliphatic rings. The fourth-order valence-electron chi connectivity index (χ4n) is 3.95. The lowest BCUT2D eigenvalue weighted by Crippen LogP contribution is -2.35. The number of fused-ring (bicyclic) bond motifs is 1. The Hall–Kier alpha value is -4.06. The predicted octanol–water partition coefficient (Wildman–Crippen LogP) is 4.96. The number of ether oxygens (including phenoxy) is 1. The molecule has 0 fully saturated rings. The average Bonchev–Trinajstić information content (AvgIpc) is 2.87. The van der Waals surface area contributed by atoms with E-state index in [1.54, 1.807) is 18.2 Å². The van der Waals surface area contributed by atoms with Crippen molar-refractivity contribution in [3.05, 3.63) is 77.4 Å². The summed E-state index contributed by atoms with van der Waals surface area (Å²) in [7, 11) is 0. The lowest BCUT2D eigenvalue weighted by Gasteiger charge is -2.29. The van der Waals surface area contributed by atoms with Gasteiger partial charge in [0, 0.05) is 55.4 Å². The number of aliphatic carboxylic acids is 2. The quantitative estimate of drug-likeness (QED) is 0.379. The molecular formula is C27H27F4N3O5. The number of benzene rings is 2. The van der Waals surface area contributed by atoms with Crippen molar-refractivity contribution < 1.29 is 42.1 Å². The van der Waals surface area contributed by atoms with E-state index in [9.17, 15) is 22.4 Å². The van der Waals surface area contributed by atoms with Crippen LogP contribution in [0.3, 0.4) is 0 Å². The van der Waals surface area contributed by atoms with Gasteiger partial charge in [0.2, 0.25) is 0 Å². The van der Waals surface area contributed by atoms with Gasteiger partial charge in [-0.05, 0) is 36.2 Å². The maximum atomic E-state index is 13.7. The summed E-state index contributed by atoms with van der Waals surface area (Å²) >= 11 is 0. The number of hydrogen-bond acceptors (Lipinski definition) is 6. The SMILES string of the molecule is CC(CC(=O)O)CN1CCc2nc(-c3ccc(OCc4ccccc4F)cc3)ncc2C1.O=C(O)C(F)(F)F. The standard InChI is InChI=1S/C25H26FN3O3.C2HF3O2/c1-17(12-24(30)31)14-29-11-10-23-20(15-29)13-27-25(28-23)18-6-8-21(9-7-18)32-16-19-4-2-3-5-22(19)26;3-2(4,5)1(6)7/h2-9,13,17H,10-12,14-16H2,1H3,(H,30,31);(H,6,7). The molecule has 4 rings (SSSR count). The van der Waals surface area contributed by atoms with Gasteiger partial charge < -0.3 is 14.9 Å². The van der Waals surface area contributed by atoms with Crippen LogP contribution in [0.1, 0.15) is 30.2 Å². The Morgan fingerprint density at radius 1 is 1.10 bits per heavy atom. The first-order valence-electron chi connectivity index (χ1n) is 12.0. The summed E-state index contributed by atoms with van der Waals surface area (Å²) in [6.07, 6.45) is -2.22. The third-order valence-corrected chi connectivity index (χ3v) is 5.81. The van der Waals surface area contributed by atoms with Crippen LogP contribution in [0.5, 0.6) is 5.75 Å². The molecule has 0 saturated heterocycles. The van der Waals surface area contributed by atoms with Crippen molar-refractivity contribution >= 4 is 11.9 Å². The summed E-state index contributed by atoms with van der Waals surface area (Å²) in [5.74, 6) is -2.37. The predicted molar refractivity (Wildman–Crippen MR) is 132 cm³/mol. The van der Waals surface area contributed by atoms with E-state index in [4.69, 9.17) is 24.7 Å². The number of rotatable bonds is 8. The monoisotopic (exact) mass is 549 g/mol. The zero-order chi connectivity index (χ0) is 28.6. The van der Waals surface area contributed by atoms with Crippen LogP contribution in [-0.4, -0.2) is 56.3 Å². The van der Waals surface area contributed by atoms with Gasteiger partial charge in [-0.15, -0.1) is 0 Å². The highest BCUT2D eigenvalue weighted by atomic mass is 19.4. The van der Waals surface area contributed by atoms with Gasteiger partial charge in [-0.2, -0.15) is 13.2 Å². The van der Waals surface area contributed by atoms with Crippen LogP contribution >= 0.6 is 0 Å². The highest BCUT2D eigenvalue weighted by Gasteiger charge is 2.38. The van der Waals surface area contributed by atoms with E-state index in [1.165, 1.54) is 6.07 Å². The van der Waals surface area contributed by atoms with Gasteiger partial charge in [0.1, 0.15) is 18.2 Å². The number of carboxylic acid groups (broad SMARTS) is 2. The second-order valence-corrected chi connectivity index (χ2v) is 9.06. The van der Waals surface area contributed by atoms with Gasteiger partial charge in [-0.3, -0.25) is 9.69 Å². The molecule has 0 bridgehead atoms. The number of carbonyl (C=O) groups is 2. The lowest BCUT2D eigenvalue weighted by molar-refractivity contribution is -0.192. The van der Waals surface area contributed by atoms with Gasteiger partial charge in [0.25, 0.3) is 0 Å². The molecule has 1 unspecified atom stereocenters. The van der Waals surface area contributed by atoms with Crippen LogP contribution in [-0.2, 0) is 29.2 Å². The molecular weight excluding hydrogens is 522 g/mol. The molecule has 8 nitrogen and oxygen atoms in total. The van der Waals surface area contributed by atoms with Crippen LogP contribution in [0.15, 0.2) is 54.7 Å². The van der Waals surface area contributed by atoms with Gasteiger partial charge >= 0.3 is 18.1 Å². The maximum Gasteiger partial charge on any atom is 0.490 e. The van der Waals surface area contributed by atoms with E-state index in [2.05, 4.69) is 9.88 Å². The van der Waals surface area contributed by atoms with E-state index in [1.807, 2.05) is 37.4 Å².